The van der Waals surface area contributed by atoms with Crippen molar-refractivity contribution in [3.63, 3.8) is 0 Å². The molecule has 5 heteroatoms. The van der Waals surface area contributed by atoms with Crippen LogP contribution in [0.1, 0.15) is 15.9 Å². The van der Waals surface area contributed by atoms with E-state index in [0.29, 0.717) is 23.3 Å². The average Bonchev–Trinajstić information content (AvgIpc) is 2.46. The van der Waals surface area contributed by atoms with E-state index in [9.17, 15) is 9.18 Å². The second kappa shape index (κ2) is 5.85. The minimum absolute atomic E-state index is 0.170. The molecule has 2 aromatic rings. The molecule has 0 N–H and O–H groups in total. The topological polar surface area (TPSA) is 59.3 Å². The Hall–Kier alpha value is -2.87. The van der Waals surface area contributed by atoms with Crippen LogP contribution in [0.25, 0.3) is 0 Å². The zero-order chi connectivity index (χ0) is 14.5. The molecule has 0 aliphatic heterocycles. The van der Waals surface area contributed by atoms with Crippen molar-refractivity contribution in [2.75, 3.05) is 7.11 Å². The number of benzene rings is 2. The van der Waals surface area contributed by atoms with Crippen LogP contribution in [0.4, 0.5) is 4.39 Å². The van der Waals surface area contributed by atoms with Gasteiger partial charge in [0.05, 0.1) is 18.7 Å². The number of carbonyl (C=O) groups excluding carboxylic acids is 1. The fraction of sp³-hybridized carbons (Fsp3) is 0.0667. The van der Waals surface area contributed by atoms with E-state index in [1.165, 1.54) is 19.2 Å². The molecule has 0 aromatic heterocycles. The van der Waals surface area contributed by atoms with E-state index in [1.807, 2.05) is 6.07 Å². The fourth-order valence-corrected chi connectivity index (χ4v) is 1.66. The Morgan fingerprint density at radius 2 is 1.80 bits per heavy atom. The van der Waals surface area contributed by atoms with Crippen LogP contribution in [-0.4, -0.2) is 13.4 Å². The van der Waals surface area contributed by atoms with Gasteiger partial charge in [-0.2, -0.15) is 5.26 Å². The molecule has 0 heterocycles. The van der Waals surface area contributed by atoms with Gasteiger partial charge in [-0.05, 0) is 24.3 Å². The number of hydrogen-bond donors (Lipinski definition) is 0. The molecule has 2 aromatic carbocycles. The lowest BCUT2D eigenvalue weighted by Gasteiger charge is -2.08. The first-order chi connectivity index (χ1) is 9.64. The first-order valence-corrected chi connectivity index (χ1v) is 5.67. The molecule has 0 aliphatic carbocycles. The van der Waals surface area contributed by atoms with E-state index >= 15 is 0 Å². The van der Waals surface area contributed by atoms with Crippen LogP contribution in [0, 0.1) is 17.1 Å². The Kier molecular flexibility index (Phi) is 3.96. The lowest BCUT2D eigenvalue weighted by Crippen LogP contribution is -1.91. The highest BCUT2D eigenvalue weighted by Crippen LogP contribution is 2.28. The maximum atomic E-state index is 13.3. The number of methoxy groups -OCH3 is 1. The van der Waals surface area contributed by atoms with Crippen LogP contribution in [0.5, 0.6) is 17.2 Å². The van der Waals surface area contributed by atoms with Crippen molar-refractivity contribution in [3.8, 4) is 23.3 Å². The van der Waals surface area contributed by atoms with E-state index in [4.69, 9.17) is 14.7 Å². The average molecular weight is 271 g/mol. The fourth-order valence-electron chi connectivity index (χ4n) is 1.66. The number of carbonyl (C=O) groups is 1. The van der Waals surface area contributed by atoms with Crippen molar-refractivity contribution < 1.29 is 18.7 Å². The summed E-state index contributed by atoms with van der Waals surface area (Å²) < 4.78 is 23.8. The molecule has 0 spiro atoms. The largest absolute Gasteiger partial charge is 0.497 e. The van der Waals surface area contributed by atoms with E-state index in [2.05, 4.69) is 0 Å². The maximum Gasteiger partial charge on any atom is 0.150 e. The summed E-state index contributed by atoms with van der Waals surface area (Å²) in [4.78, 5) is 10.7. The van der Waals surface area contributed by atoms with Crippen LogP contribution < -0.4 is 9.47 Å². The van der Waals surface area contributed by atoms with E-state index in [1.54, 1.807) is 12.1 Å². The molecule has 0 amide bonds. The first-order valence-electron chi connectivity index (χ1n) is 5.67. The summed E-state index contributed by atoms with van der Waals surface area (Å²) in [7, 11) is 1.47. The molecule has 100 valence electrons. The second-order valence-electron chi connectivity index (χ2n) is 3.95. The van der Waals surface area contributed by atoms with Crippen LogP contribution >= 0.6 is 0 Å². The highest BCUT2D eigenvalue weighted by atomic mass is 19.1. The summed E-state index contributed by atoms with van der Waals surface area (Å²) in [5.41, 5.74) is 0.523. The molecular weight excluding hydrogens is 261 g/mol. The predicted molar refractivity (Wildman–Crippen MR) is 69.6 cm³/mol. The van der Waals surface area contributed by atoms with Gasteiger partial charge in [-0.25, -0.2) is 4.39 Å². The van der Waals surface area contributed by atoms with E-state index in [0.717, 1.165) is 12.1 Å². The summed E-state index contributed by atoms with van der Waals surface area (Å²) >= 11 is 0. The number of nitrogens with zero attached hydrogens (tertiary/aromatic N) is 1. The van der Waals surface area contributed by atoms with Crippen molar-refractivity contribution in [1.82, 2.24) is 0 Å². The smallest absolute Gasteiger partial charge is 0.150 e. The molecule has 2 rings (SSSR count). The normalized spacial score (nSPS) is 9.65. The highest BCUT2D eigenvalue weighted by molar-refractivity contribution is 5.75. The van der Waals surface area contributed by atoms with Crippen molar-refractivity contribution >= 4 is 6.29 Å². The van der Waals surface area contributed by atoms with Gasteiger partial charge in [0.15, 0.2) is 0 Å². The number of ether oxygens (including phenoxy) is 2. The molecule has 4 nitrogen and oxygen atoms in total. The van der Waals surface area contributed by atoms with Gasteiger partial charge in [-0.15, -0.1) is 0 Å². The quantitative estimate of drug-likeness (QED) is 0.800. The molecule has 20 heavy (non-hydrogen) atoms. The van der Waals surface area contributed by atoms with Crippen LogP contribution in [0.3, 0.4) is 0 Å². The van der Waals surface area contributed by atoms with Gasteiger partial charge in [0.2, 0.25) is 0 Å². The standard InChI is InChI=1S/C15H10FNO3/c1-19-13-3-10(8-17)4-15(7-13)20-14-5-11(9-18)2-12(16)6-14/h2-7,9H,1H3. The molecule has 0 fully saturated rings. The Morgan fingerprint density at radius 1 is 1.10 bits per heavy atom. The van der Waals surface area contributed by atoms with E-state index < -0.39 is 5.82 Å². The number of rotatable bonds is 4. The molecule has 0 radical (unpaired) electrons. The zero-order valence-electron chi connectivity index (χ0n) is 10.6. The lowest BCUT2D eigenvalue weighted by molar-refractivity contribution is 0.112. The van der Waals surface area contributed by atoms with Crippen molar-refractivity contribution in [1.29, 1.82) is 5.26 Å². The highest BCUT2D eigenvalue weighted by Gasteiger charge is 2.06. The summed E-state index contributed by atoms with van der Waals surface area (Å²) in [5.74, 6) is 0.367. The summed E-state index contributed by atoms with van der Waals surface area (Å²) in [6.45, 7) is 0. The summed E-state index contributed by atoms with van der Waals surface area (Å²) in [6, 6.07) is 10.2. The third-order valence-corrected chi connectivity index (χ3v) is 2.51. The van der Waals surface area contributed by atoms with E-state index in [-0.39, 0.29) is 11.3 Å². The maximum absolute atomic E-state index is 13.3. The Labute approximate surface area is 115 Å². The molecular formula is C15H10FNO3. The van der Waals surface area contributed by atoms with Gasteiger partial charge in [0.1, 0.15) is 29.4 Å². The number of hydrogen-bond acceptors (Lipinski definition) is 4. The predicted octanol–water partition coefficient (Wildman–Crippen LogP) is 3.31. The van der Waals surface area contributed by atoms with Crippen molar-refractivity contribution in [2.45, 2.75) is 0 Å². The van der Waals surface area contributed by atoms with Crippen molar-refractivity contribution in [2.24, 2.45) is 0 Å². The minimum atomic E-state index is -0.576. The molecule has 0 bridgehead atoms. The van der Waals surface area contributed by atoms with Crippen molar-refractivity contribution in [3.05, 3.63) is 53.3 Å². The first kappa shape index (κ1) is 13.6. The monoisotopic (exact) mass is 271 g/mol. The molecule has 0 saturated carbocycles. The van der Waals surface area contributed by atoms with Gasteiger partial charge in [-0.1, -0.05) is 0 Å². The zero-order valence-corrected chi connectivity index (χ0v) is 10.6. The van der Waals surface area contributed by atoms with Crippen LogP contribution in [-0.2, 0) is 0 Å². The van der Waals surface area contributed by atoms with Gasteiger partial charge >= 0.3 is 0 Å². The third kappa shape index (κ3) is 3.12. The lowest BCUT2D eigenvalue weighted by atomic mass is 10.2. The molecule has 0 aliphatic rings. The molecule has 0 atom stereocenters. The van der Waals surface area contributed by atoms with Crippen LogP contribution in [0.15, 0.2) is 36.4 Å². The van der Waals surface area contributed by atoms with Gasteiger partial charge in [0.25, 0.3) is 0 Å². The van der Waals surface area contributed by atoms with Gasteiger partial charge in [-0.3, -0.25) is 4.79 Å². The Bertz CT molecular complexity index is 692. The summed E-state index contributed by atoms with van der Waals surface area (Å²) in [5, 5.41) is 8.91. The Balaban J connectivity index is 2.36. The molecule has 0 unspecified atom stereocenters. The SMILES string of the molecule is COc1cc(C#N)cc(Oc2cc(F)cc(C=O)c2)c1. The Morgan fingerprint density at radius 3 is 2.45 bits per heavy atom. The van der Waals surface area contributed by atoms with Gasteiger partial charge < -0.3 is 9.47 Å². The molecule has 0 saturated heterocycles. The third-order valence-electron chi connectivity index (χ3n) is 2.51. The minimum Gasteiger partial charge on any atom is -0.497 e. The number of halogens is 1. The van der Waals surface area contributed by atoms with Gasteiger partial charge in [0, 0.05) is 17.7 Å². The second-order valence-corrected chi connectivity index (χ2v) is 3.95. The number of nitriles is 1. The number of aldehydes is 1. The van der Waals surface area contributed by atoms with Crippen LogP contribution in [0.2, 0.25) is 0 Å². The summed E-state index contributed by atoms with van der Waals surface area (Å²) in [6.07, 6.45) is 0.530.